The molecule has 1 amide bonds. The molecule has 6 heteroatoms. The molecule has 2 rings (SSSR count). The Labute approximate surface area is 98.5 Å². The maximum Gasteiger partial charge on any atom is 0.270 e. The zero-order valence-corrected chi connectivity index (χ0v) is 9.40. The molecule has 0 radical (unpaired) electrons. The summed E-state index contributed by atoms with van der Waals surface area (Å²) in [4.78, 5) is 22.6. The van der Waals surface area contributed by atoms with Crippen molar-refractivity contribution in [1.29, 1.82) is 0 Å². The number of H-pyrrole nitrogens is 1. The molecule has 0 aliphatic heterocycles. The van der Waals surface area contributed by atoms with Crippen LogP contribution in [0.25, 0.3) is 0 Å². The third kappa shape index (κ3) is 2.81. The zero-order chi connectivity index (χ0) is 12.1. The number of carbonyl (C=O) groups is 1. The summed E-state index contributed by atoms with van der Waals surface area (Å²) in [6.07, 6.45) is 4.83. The van der Waals surface area contributed by atoms with Gasteiger partial charge in [-0.05, 0) is 12.1 Å². The molecule has 2 aromatic rings. The van der Waals surface area contributed by atoms with Gasteiger partial charge in [0.15, 0.2) is 0 Å². The van der Waals surface area contributed by atoms with Gasteiger partial charge in [-0.1, -0.05) is 0 Å². The van der Waals surface area contributed by atoms with Gasteiger partial charge in [-0.3, -0.25) is 9.78 Å². The molecule has 6 nitrogen and oxygen atoms in total. The normalized spacial score (nSPS) is 9.94. The van der Waals surface area contributed by atoms with Crippen LogP contribution in [-0.4, -0.2) is 27.9 Å². The van der Waals surface area contributed by atoms with Crippen LogP contribution in [0.5, 0.6) is 0 Å². The maximum atomic E-state index is 11.8. The smallest absolute Gasteiger partial charge is 0.270 e. The monoisotopic (exact) mass is 231 g/mol. The molecule has 88 valence electrons. The number of aromatic amines is 1. The fraction of sp³-hybridized carbons (Fsp3) is 0.182. The Morgan fingerprint density at radius 2 is 2.41 bits per heavy atom. The van der Waals surface area contributed by atoms with Crippen LogP contribution in [0.3, 0.4) is 0 Å². The summed E-state index contributed by atoms with van der Waals surface area (Å²) < 4.78 is 0. The van der Waals surface area contributed by atoms with Crippen LogP contribution >= 0.6 is 0 Å². The van der Waals surface area contributed by atoms with E-state index in [4.69, 9.17) is 0 Å². The van der Waals surface area contributed by atoms with E-state index < -0.39 is 0 Å². The van der Waals surface area contributed by atoms with E-state index >= 15 is 0 Å². The summed E-state index contributed by atoms with van der Waals surface area (Å²) in [5.74, 6) is -0.211. The van der Waals surface area contributed by atoms with Crippen molar-refractivity contribution in [2.24, 2.45) is 0 Å². The van der Waals surface area contributed by atoms with Gasteiger partial charge in [0.25, 0.3) is 5.91 Å². The lowest BCUT2D eigenvalue weighted by Crippen LogP contribution is -2.24. The summed E-state index contributed by atoms with van der Waals surface area (Å²) >= 11 is 0. The van der Waals surface area contributed by atoms with E-state index in [1.54, 1.807) is 37.9 Å². The van der Waals surface area contributed by atoms with Crippen molar-refractivity contribution in [2.75, 3.05) is 12.4 Å². The molecule has 0 aromatic carbocycles. The Morgan fingerprint density at radius 3 is 3.12 bits per heavy atom. The number of carbonyl (C=O) groups excluding carboxylic acids is 1. The molecular weight excluding hydrogens is 218 g/mol. The number of imidazole rings is 1. The first-order chi connectivity index (χ1) is 8.29. The minimum Gasteiger partial charge on any atom is -0.388 e. The van der Waals surface area contributed by atoms with Crippen molar-refractivity contribution in [3.05, 3.63) is 42.2 Å². The van der Waals surface area contributed by atoms with Crippen LogP contribution in [0.2, 0.25) is 0 Å². The van der Waals surface area contributed by atoms with Crippen molar-refractivity contribution in [1.82, 2.24) is 20.3 Å². The number of pyridine rings is 1. The summed E-state index contributed by atoms with van der Waals surface area (Å²) in [5.41, 5.74) is 2.09. The minimum atomic E-state index is -0.211. The minimum absolute atomic E-state index is 0.211. The van der Waals surface area contributed by atoms with Crippen LogP contribution in [0.15, 0.2) is 30.9 Å². The molecule has 0 bridgehead atoms. The molecule has 2 heterocycles. The van der Waals surface area contributed by atoms with Gasteiger partial charge >= 0.3 is 0 Å². The molecule has 0 aliphatic carbocycles. The third-order valence-corrected chi connectivity index (χ3v) is 2.28. The largest absolute Gasteiger partial charge is 0.388 e. The number of rotatable bonds is 4. The molecule has 17 heavy (non-hydrogen) atoms. The Morgan fingerprint density at radius 1 is 1.53 bits per heavy atom. The van der Waals surface area contributed by atoms with E-state index in [0.717, 1.165) is 11.4 Å². The second-order valence-electron chi connectivity index (χ2n) is 3.44. The van der Waals surface area contributed by atoms with Crippen LogP contribution in [0.1, 0.15) is 16.2 Å². The number of aromatic nitrogens is 3. The average molecular weight is 231 g/mol. The fourth-order valence-electron chi connectivity index (χ4n) is 1.36. The maximum absolute atomic E-state index is 11.8. The topological polar surface area (TPSA) is 82.7 Å². The van der Waals surface area contributed by atoms with E-state index in [1.165, 1.54) is 0 Å². The highest BCUT2D eigenvalue weighted by Crippen LogP contribution is 2.06. The summed E-state index contributed by atoms with van der Waals surface area (Å²) in [6.45, 7) is 0.407. The first-order valence-corrected chi connectivity index (χ1v) is 5.19. The molecule has 0 spiro atoms. The quantitative estimate of drug-likeness (QED) is 0.726. The number of hydrogen-bond donors (Lipinski definition) is 3. The summed E-state index contributed by atoms with van der Waals surface area (Å²) in [7, 11) is 1.79. The first kappa shape index (κ1) is 11.1. The number of nitrogens with one attached hydrogen (secondary N) is 3. The van der Waals surface area contributed by atoms with Crippen LogP contribution in [-0.2, 0) is 6.54 Å². The first-order valence-electron chi connectivity index (χ1n) is 5.19. The van der Waals surface area contributed by atoms with Crippen molar-refractivity contribution in [3.63, 3.8) is 0 Å². The van der Waals surface area contributed by atoms with Gasteiger partial charge < -0.3 is 15.6 Å². The van der Waals surface area contributed by atoms with Gasteiger partial charge in [0, 0.05) is 25.1 Å². The molecule has 0 fully saturated rings. The van der Waals surface area contributed by atoms with E-state index in [2.05, 4.69) is 25.6 Å². The molecule has 0 aliphatic rings. The predicted molar refractivity (Wildman–Crippen MR) is 63.5 cm³/mol. The molecule has 0 atom stereocenters. The van der Waals surface area contributed by atoms with Crippen molar-refractivity contribution in [2.45, 2.75) is 6.54 Å². The molecule has 3 N–H and O–H groups in total. The van der Waals surface area contributed by atoms with Gasteiger partial charge in [-0.2, -0.15) is 0 Å². The van der Waals surface area contributed by atoms with Crippen LogP contribution < -0.4 is 10.6 Å². The molecule has 0 unspecified atom stereocenters. The Hall–Kier alpha value is -2.37. The van der Waals surface area contributed by atoms with Crippen molar-refractivity contribution >= 4 is 11.6 Å². The Balaban J connectivity index is 1.99. The van der Waals surface area contributed by atoms with Crippen molar-refractivity contribution < 1.29 is 4.79 Å². The number of amides is 1. The number of nitrogens with zero attached hydrogens (tertiary/aromatic N) is 2. The predicted octanol–water partition coefficient (Wildman–Crippen LogP) is 0.776. The molecule has 2 aromatic heterocycles. The highest BCUT2D eigenvalue weighted by Gasteiger charge is 2.07. The number of anilines is 1. The van der Waals surface area contributed by atoms with E-state index in [0.29, 0.717) is 12.2 Å². The van der Waals surface area contributed by atoms with Gasteiger partial charge in [-0.15, -0.1) is 0 Å². The Kier molecular flexibility index (Phi) is 3.34. The standard InChI is InChI=1S/C11H13N5O/c1-12-8-2-3-14-10(4-8)11(17)15-6-9-5-13-7-16-9/h2-5,7H,6H2,1H3,(H,12,14)(H,13,16)(H,15,17). The highest BCUT2D eigenvalue weighted by molar-refractivity contribution is 5.92. The third-order valence-electron chi connectivity index (χ3n) is 2.28. The lowest BCUT2D eigenvalue weighted by Gasteiger charge is -2.04. The SMILES string of the molecule is CNc1ccnc(C(=O)NCc2cnc[nH]2)c1. The van der Waals surface area contributed by atoms with Gasteiger partial charge in [0.2, 0.25) is 0 Å². The summed E-state index contributed by atoms with van der Waals surface area (Å²) in [6, 6.07) is 3.49. The molecule has 0 saturated carbocycles. The van der Waals surface area contributed by atoms with Crippen LogP contribution in [0, 0.1) is 0 Å². The van der Waals surface area contributed by atoms with E-state index in [1.807, 2.05) is 0 Å². The van der Waals surface area contributed by atoms with Gasteiger partial charge in [0.05, 0.1) is 18.6 Å². The Bertz CT molecular complexity index is 494. The van der Waals surface area contributed by atoms with Gasteiger partial charge in [-0.25, -0.2) is 4.98 Å². The fourth-order valence-corrected chi connectivity index (χ4v) is 1.36. The zero-order valence-electron chi connectivity index (χ0n) is 9.40. The number of hydrogen-bond acceptors (Lipinski definition) is 4. The molecule has 0 saturated heterocycles. The van der Waals surface area contributed by atoms with Crippen LogP contribution in [0.4, 0.5) is 5.69 Å². The second-order valence-corrected chi connectivity index (χ2v) is 3.44. The summed E-state index contributed by atoms with van der Waals surface area (Å²) in [5, 5.41) is 5.71. The lowest BCUT2D eigenvalue weighted by molar-refractivity contribution is 0.0945. The lowest BCUT2D eigenvalue weighted by atomic mass is 10.3. The second kappa shape index (κ2) is 5.11. The average Bonchev–Trinajstić information content (AvgIpc) is 2.89. The van der Waals surface area contributed by atoms with E-state index in [9.17, 15) is 4.79 Å². The van der Waals surface area contributed by atoms with Gasteiger partial charge in [0.1, 0.15) is 5.69 Å². The van der Waals surface area contributed by atoms with E-state index in [-0.39, 0.29) is 5.91 Å². The molecular formula is C11H13N5O. The highest BCUT2D eigenvalue weighted by atomic mass is 16.1. The van der Waals surface area contributed by atoms with Crippen molar-refractivity contribution in [3.8, 4) is 0 Å².